The molecule has 9 nitrogen and oxygen atoms in total. The molecule has 1 aliphatic heterocycles. The minimum Gasteiger partial charge on any atom is -0.394 e. The van der Waals surface area contributed by atoms with E-state index in [-0.39, 0.29) is 12.5 Å². The van der Waals surface area contributed by atoms with E-state index in [2.05, 4.69) is 55.6 Å². The highest BCUT2D eigenvalue weighted by Crippen LogP contribution is 2.24. The Labute approximate surface area is 526 Å². The number of carbonyl (C=O) groups excluding carboxylic acids is 1. The summed E-state index contributed by atoms with van der Waals surface area (Å²) in [5.41, 5.74) is 0. The van der Waals surface area contributed by atoms with Gasteiger partial charge in [-0.05, 0) is 64.2 Å². The maximum absolute atomic E-state index is 13.1. The third kappa shape index (κ3) is 53.7. The Morgan fingerprint density at radius 1 is 0.400 bits per heavy atom. The van der Waals surface area contributed by atoms with Crippen molar-refractivity contribution in [2.45, 2.75) is 416 Å². The predicted octanol–water partition coefficient (Wildman–Crippen LogP) is 20.8. The van der Waals surface area contributed by atoms with Crippen molar-refractivity contribution < 1.29 is 39.8 Å². The van der Waals surface area contributed by atoms with Gasteiger partial charge in [-0.2, -0.15) is 0 Å². The summed E-state index contributed by atoms with van der Waals surface area (Å²) in [6.45, 7) is 3.80. The summed E-state index contributed by atoms with van der Waals surface area (Å²) in [5.74, 6) is -0.179. The number of allylic oxidation sites excluding steroid dienone is 7. The molecule has 85 heavy (non-hydrogen) atoms. The molecule has 1 heterocycles. The number of amides is 1. The topological polar surface area (TPSA) is 149 Å². The zero-order valence-electron chi connectivity index (χ0n) is 56.1. The van der Waals surface area contributed by atoms with E-state index in [0.29, 0.717) is 6.42 Å². The van der Waals surface area contributed by atoms with E-state index >= 15 is 0 Å². The maximum atomic E-state index is 13.1. The lowest BCUT2D eigenvalue weighted by Crippen LogP contribution is -2.60. The predicted molar refractivity (Wildman–Crippen MR) is 364 cm³/mol. The monoisotopic (exact) mass is 1200 g/mol. The minimum atomic E-state index is -1.57. The smallest absolute Gasteiger partial charge is 0.220 e. The van der Waals surface area contributed by atoms with Gasteiger partial charge in [0, 0.05) is 6.42 Å². The van der Waals surface area contributed by atoms with Gasteiger partial charge in [-0.1, -0.05) is 351 Å². The molecular formula is C76H143NO8. The Hall–Kier alpha value is -1.85. The van der Waals surface area contributed by atoms with Crippen molar-refractivity contribution in [3.63, 3.8) is 0 Å². The maximum Gasteiger partial charge on any atom is 0.220 e. The number of nitrogens with one attached hydrogen (secondary N) is 1. The zero-order valence-corrected chi connectivity index (χ0v) is 56.1. The number of carbonyl (C=O) groups is 1. The van der Waals surface area contributed by atoms with E-state index in [9.17, 15) is 30.3 Å². The Bertz CT molecular complexity index is 1480. The lowest BCUT2D eigenvalue weighted by Gasteiger charge is -2.40. The zero-order chi connectivity index (χ0) is 61.4. The highest BCUT2D eigenvalue weighted by atomic mass is 16.7. The largest absolute Gasteiger partial charge is 0.394 e. The van der Waals surface area contributed by atoms with Crippen LogP contribution in [0.25, 0.3) is 0 Å². The van der Waals surface area contributed by atoms with Gasteiger partial charge >= 0.3 is 0 Å². The quantitative estimate of drug-likeness (QED) is 0.0261. The van der Waals surface area contributed by atoms with Crippen molar-refractivity contribution in [3.05, 3.63) is 48.6 Å². The summed E-state index contributed by atoms with van der Waals surface area (Å²) in [6.07, 6.45) is 82.5. The van der Waals surface area contributed by atoms with Gasteiger partial charge in [0.25, 0.3) is 0 Å². The highest BCUT2D eigenvalue weighted by Gasteiger charge is 2.44. The SMILES string of the molecule is CCCCCCC/C=C\C/C=C\CCCCCCCCCCCCCCCCCCCCCCCCCCCCCCCC(=O)NC(COC1OC(CO)C(O)C(O)C1O)C(O)/C=C/CC/C=C/CCCCCCCCCCCCCCCCC. The average molecular weight is 1200 g/mol. The summed E-state index contributed by atoms with van der Waals surface area (Å²) in [6, 6.07) is -0.822. The fraction of sp³-hybridized carbons (Fsp3) is 0.882. The fourth-order valence-electron chi connectivity index (χ4n) is 12.0. The molecule has 500 valence electrons. The summed E-state index contributed by atoms with van der Waals surface area (Å²) in [7, 11) is 0. The van der Waals surface area contributed by atoms with Crippen molar-refractivity contribution >= 4 is 5.91 Å². The third-order valence-electron chi connectivity index (χ3n) is 17.9. The molecular weight excluding hydrogens is 1050 g/mol. The molecule has 0 spiro atoms. The molecule has 0 aliphatic carbocycles. The number of rotatable bonds is 66. The van der Waals surface area contributed by atoms with Gasteiger partial charge in [0.2, 0.25) is 5.91 Å². The van der Waals surface area contributed by atoms with Crippen molar-refractivity contribution in [3.8, 4) is 0 Å². The number of aliphatic hydroxyl groups excluding tert-OH is 5. The first kappa shape index (κ1) is 81.2. The Morgan fingerprint density at radius 3 is 1.06 bits per heavy atom. The van der Waals surface area contributed by atoms with Gasteiger partial charge in [0.15, 0.2) is 6.29 Å². The molecule has 7 atom stereocenters. The van der Waals surface area contributed by atoms with Crippen LogP contribution in [-0.2, 0) is 14.3 Å². The van der Waals surface area contributed by atoms with Gasteiger partial charge in [0.1, 0.15) is 24.4 Å². The molecule has 0 radical (unpaired) electrons. The summed E-state index contributed by atoms with van der Waals surface area (Å²) < 4.78 is 11.3. The van der Waals surface area contributed by atoms with E-state index in [1.54, 1.807) is 6.08 Å². The minimum absolute atomic E-state index is 0.179. The van der Waals surface area contributed by atoms with Gasteiger partial charge in [-0.15, -0.1) is 0 Å². The van der Waals surface area contributed by atoms with Crippen LogP contribution in [0.3, 0.4) is 0 Å². The van der Waals surface area contributed by atoms with Gasteiger partial charge in [0.05, 0.1) is 25.4 Å². The van der Waals surface area contributed by atoms with Crippen molar-refractivity contribution in [2.24, 2.45) is 0 Å². The number of ether oxygens (including phenoxy) is 2. The first-order chi connectivity index (χ1) is 41.8. The Balaban J connectivity index is 2.04. The highest BCUT2D eigenvalue weighted by molar-refractivity contribution is 5.76. The molecule has 7 unspecified atom stereocenters. The fourth-order valence-corrected chi connectivity index (χ4v) is 12.0. The second-order valence-electron chi connectivity index (χ2n) is 26.1. The molecule has 0 saturated carbocycles. The number of hydrogen-bond donors (Lipinski definition) is 6. The van der Waals surface area contributed by atoms with Crippen LogP contribution in [0.4, 0.5) is 0 Å². The second kappa shape index (κ2) is 65.1. The summed E-state index contributed by atoms with van der Waals surface area (Å²) >= 11 is 0. The van der Waals surface area contributed by atoms with Crippen LogP contribution >= 0.6 is 0 Å². The van der Waals surface area contributed by atoms with Gasteiger partial charge in [-0.25, -0.2) is 0 Å². The lowest BCUT2D eigenvalue weighted by molar-refractivity contribution is -0.302. The van der Waals surface area contributed by atoms with Crippen molar-refractivity contribution in [1.82, 2.24) is 5.32 Å². The van der Waals surface area contributed by atoms with E-state index in [4.69, 9.17) is 9.47 Å². The molecule has 1 saturated heterocycles. The molecule has 0 bridgehead atoms. The molecule has 0 aromatic heterocycles. The number of unbranched alkanes of at least 4 members (excludes halogenated alkanes) is 50. The Kier molecular flexibility index (Phi) is 62.2. The molecule has 1 rings (SSSR count). The number of aliphatic hydroxyl groups is 5. The van der Waals surface area contributed by atoms with E-state index in [0.717, 1.165) is 44.9 Å². The van der Waals surface area contributed by atoms with Crippen LogP contribution in [0.15, 0.2) is 48.6 Å². The van der Waals surface area contributed by atoms with Crippen molar-refractivity contribution in [2.75, 3.05) is 13.2 Å². The van der Waals surface area contributed by atoms with Gasteiger partial charge < -0.3 is 40.3 Å². The number of hydrogen-bond acceptors (Lipinski definition) is 8. The van der Waals surface area contributed by atoms with E-state index in [1.807, 2.05) is 6.08 Å². The Morgan fingerprint density at radius 2 is 0.706 bits per heavy atom. The first-order valence-electron chi connectivity index (χ1n) is 37.4. The van der Waals surface area contributed by atoms with Crippen LogP contribution < -0.4 is 5.32 Å². The van der Waals surface area contributed by atoms with Crippen LogP contribution in [0.5, 0.6) is 0 Å². The molecule has 1 fully saturated rings. The van der Waals surface area contributed by atoms with Gasteiger partial charge in [-0.3, -0.25) is 4.79 Å². The molecule has 1 amide bonds. The molecule has 0 aromatic rings. The van der Waals surface area contributed by atoms with Crippen LogP contribution in [0.1, 0.15) is 373 Å². The second-order valence-corrected chi connectivity index (χ2v) is 26.1. The standard InChI is InChI=1S/C76H143NO8/c1-3-5-7-9-11-13-15-17-19-21-23-25-26-27-28-29-30-31-32-33-34-35-36-37-38-39-40-41-42-43-44-46-48-50-52-54-56-58-60-62-64-66-72(80)77-69(68-84-76-75(83)74(82)73(81)71(67-78)85-76)70(79)65-63-61-59-57-55-53-51-49-47-45-24-22-20-18-16-14-12-10-8-6-4-2/h15,17,21,23,55,57,63,65,69-71,73-76,78-79,81-83H,3-14,16,18-20,22,24-54,56,58-62,64,66-68H2,1-2H3,(H,77,80)/b17-15-,23-21-,57-55+,65-63+. The summed E-state index contributed by atoms with van der Waals surface area (Å²) in [5, 5.41) is 54.7. The van der Waals surface area contributed by atoms with E-state index in [1.165, 1.54) is 308 Å². The first-order valence-corrected chi connectivity index (χ1v) is 37.4. The average Bonchev–Trinajstić information content (AvgIpc) is 3.68. The molecule has 1 aliphatic rings. The van der Waals surface area contributed by atoms with Crippen LogP contribution in [0, 0.1) is 0 Å². The molecule has 9 heteroatoms. The lowest BCUT2D eigenvalue weighted by atomic mass is 9.99. The van der Waals surface area contributed by atoms with Crippen molar-refractivity contribution in [1.29, 1.82) is 0 Å². The van der Waals surface area contributed by atoms with E-state index < -0.39 is 49.5 Å². The third-order valence-corrected chi connectivity index (χ3v) is 17.9. The summed E-state index contributed by atoms with van der Waals surface area (Å²) in [4.78, 5) is 13.1. The van der Waals surface area contributed by atoms with Crippen LogP contribution in [-0.4, -0.2) is 87.5 Å². The molecule has 6 N–H and O–H groups in total. The molecule has 0 aromatic carbocycles. The normalized spacial score (nSPS) is 18.3. The van der Waals surface area contributed by atoms with Crippen LogP contribution in [0.2, 0.25) is 0 Å².